The van der Waals surface area contributed by atoms with Gasteiger partial charge in [0.2, 0.25) is 5.91 Å². The third kappa shape index (κ3) is 4.06. The summed E-state index contributed by atoms with van der Waals surface area (Å²) in [6.07, 6.45) is 2.86. The van der Waals surface area contributed by atoms with Crippen molar-refractivity contribution in [2.75, 3.05) is 5.32 Å². The Kier molecular flexibility index (Phi) is 5.56. The average Bonchev–Trinajstić information content (AvgIpc) is 3.24. The number of halogens is 3. The summed E-state index contributed by atoms with van der Waals surface area (Å²) in [5.74, 6) is -0.388. The second-order valence-corrected chi connectivity index (χ2v) is 7.38. The first-order valence-electron chi connectivity index (χ1n) is 9.38. The summed E-state index contributed by atoms with van der Waals surface area (Å²) in [4.78, 5) is 25.5. The molecule has 1 atom stereocenters. The van der Waals surface area contributed by atoms with Crippen LogP contribution < -0.4 is 10.9 Å². The van der Waals surface area contributed by atoms with Crippen LogP contribution in [0.1, 0.15) is 19.5 Å². The SMILES string of the molecule is C[C@H](C(=O)Nc1ccc(-c2ccnn2C(F)F)cc1)n1ccc2cc(Cl)ccc2c1=O. The lowest BCUT2D eigenvalue weighted by Crippen LogP contribution is -2.31. The zero-order chi connectivity index (χ0) is 22.1. The second-order valence-electron chi connectivity index (χ2n) is 6.94. The fourth-order valence-electron chi connectivity index (χ4n) is 3.33. The molecule has 4 aromatic rings. The van der Waals surface area contributed by atoms with Crippen molar-refractivity contribution in [2.45, 2.75) is 19.5 Å². The van der Waals surface area contributed by atoms with Gasteiger partial charge in [0, 0.05) is 34.1 Å². The van der Waals surface area contributed by atoms with Crippen LogP contribution in [0.15, 0.2) is 71.8 Å². The van der Waals surface area contributed by atoms with Gasteiger partial charge in [0.15, 0.2) is 0 Å². The predicted octanol–water partition coefficient (Wildman–Crippen LogP) is 5.11. The van der Waals surface area contributed by atoms with Crippen molar-refractivity contribution in [2.24, 2.45) is 0 Å². The van der Waals surface area contributed by atoms with Gasteiger partial charge in [-0.15, -0.1) is 0 Å². The Morgan fingerprint density at radius 1 is 1.10 bits per heavy atom. The summed E-state index contributed by atoms with van der Waals surface area (Å²) < 4.78 is 28.0. The molecule has 1 N–H and O–H groups in total. The Bertz CT molecular complexity index is 1320. The molecule has 0 spiro atoms. The molecule has 0 bridgehead atoms. The number of hydrogen-bond donors (Lipinski definition) is 1. The number of nitrogens with zero attached hydrogens (tertiary/aromatic N) is 3. The van der Waals surface area contributed by atoms with Gasteiger partial charge in [-0.25, -0.2) is 4.68 Å². The molecule has 0 aliphatic rings. The highest BCUT2D eigenvalue weighted by Crippen LogP contribution is 2.25. The monoisotopic (exact) mass is 442 g/mol. The standard InChI is InChI=1S/C22H17ClF2N4O2/c1-13(28-11-9-15-12-16(23)4-7-18(15)21(28)31)20(30)27-17-5-2-14(3-6-17)19-8-10-26-29(19)22(24)25/h2-13,22H,1H3,(H,27,30)/t13-/m1/s1. The number of fused-ring (bicyclic) bond motifs is 1. The zero-order valence-electron chi connectivity index (χ0n) is 16.3. The van der Waals surface area contributed by atoms with Crippen molar-refractivity contribution in [3.63, 3.8) is 0 Å². The fourth-order valence-corrected chi connectivity index (χ4v) is 3.51. The van der Waals surface area contributed by atoms with E-state index in [0.29, 0.717) is 31.7 Å². The molecule has 0 aliphatic carbocycles. The molecule has 0 radical (unpaired) electrons. The minimum atomic E-state index is -2.75. The van der Waals surface area contributed by atoms with Gasteiger partial charge in [-0.1, -0.05) is 23.7 Å². The molecule has 0 aliphatic heterocycles. The average molecular weight is 443 g/mol. The quantitative estimate of drug-likeness (QED) is 0.466. The molecule has 2 heterocycles. The maximum Gasteiger partial charge on any atom is 0.333 e. The van der Waals surface area contributed by atoms with E-state index in [4.69, 9.17) is 11.6 Å². The number of hydrogen-bond acceptors (Lipinski definition) is 3. The molecule has 6 nitrogen and oxygen atoms in total. The molecule has 2 aromatic carbocycles. The number of anilines is 1. The van der Waals surface area contributed by atoms with Gasteiger partial charge in [0.05, 0.1) is 5.69 Å². The second kappa shape index (κ2) is 8.31. The number of aromatic nitrogens is 3. The highest BCUT2D eigenvalue weighted by atomic mass is 35.5. The summed E-state index contributed by atoms with van der Waals surface area (Å²) in [5.41, 5.74) is 0.981. The lowest BCUT2D eigenvalue weighted by atomic mass is 10.1. The van der Waals surface area contributed by atoms with Crippen LogP contribution in [0.2, 0.25) is 5.02 Å². The van der Waals surface area contributed by atoms with Gasteiger partial charge in [0.1, 0.15) is 6.04 Å². The van der Waals surface area contributed by atoms with E-state index in [-0.39, 0.29) is 17.2 Å². The molecule has 9 heteroatoms. The van der Waals surface area contributed by atoms with E-state index in [1.165, 1.54) is 16.8 Å². The first-order valence-corrected chi connectivity index (χ1v) is 9.76. The van der Waals surface area contributed by atoms with E-state index in [2.05, 4.69) is 10.4 Å². The van der Waals surface area contributed by atoms with Gasteiger partial charge < -0.3 is 9.88 Å². The van der Waals surface area contributed by atoms with Crippen molar-refractivity contribution >= 4 is 34.0 Å². The van der Waals surface area contributed by atoms with E-state index in [0.717, 1.165) is 0 Å². The maximum atomic E-state index is 13.0. The summed E-state index contributed by atoms with van der Waals surface area (Å²) in [6.45, 7) is -1.13. The number of amides is 1. The normalized spacial score (nSPS) is 12.3. The number of carbonyl (C=O) groups excluding carboxylic acids is 1. The van der Waals surface area contributed by atoms with Gasteiger partial charge in [0.25, 0.3) is 5.56 Å². The molecular formula is C22H17ClF2N4O2. The molecule has 158 valence electrons. The Morgan fingerprint density at radius 2 is 1.84 bits per heavy atom. The first-order chi connectivity index (χ1) is 14.8. The number of nitrogens with one attached hydrogen (secondary N) is 1. The Morgan fingerprint density at radius 3 is 2.55 bits per heavy atom. The molecular weight excluding hydrogens is 426 g/mol. The Hall–Kier alpha value is -3.52. The summed E-state index contributed by atoms with van der Waals surface area (Å²) in [5, 5.41) is 8.04. The van der Waals surface area contributed by atoms with Gasteiger partial charge >= 0.3 is 6.55 Å². The molecule has 0 fully saturated rings. The highest BCUT2D eigenvalue weighted by Gasteiger charge is 2.18. The molecule has 31 heavy (non-hydrogen) atoms. The largest absolute Gasteiger partial charge is 0.333 e. The number of carbonyl (C=O) groups is 1. The Labute approximate surface area is 180 Å². The molecule has 0 unspecified atom stereocenters. The number of pyridine rings is 1. The molecule has 1 amide bonds. The third-order valence-corrected chi connectivity index (χ3v) is 5.23. The van der Waals surface area contributed by atoms with Crippen molar-refractivity contribution in [1.29, 1.82) is 0 Å². The van der Waals surface area contributed by atoms with Crippen LogP contribution in [0.25, 0.3) is 22.0 Å². The van der Waals surface area contributed by atoms with Crippen molar-refractivity contribution in [3.05, 3.63) is 82.4 Å². The molecule has 4 rings (SSSR count). The van der Waals surface area contributed by atoms with E-state index in [1.54, 1.807) is 61.7 Å². The fraction of sp³-hybridized carbons (Fsp3) is 0.136. The van der Waals surface area contributed by atoms with Gasteiger partial charge in [-0.2, -0.15) is 13.9 Å². The molecule has 0 saturated heterocycles. The number of benzene rings is 2. The third-order valence-electron chi connectivity index (χ3n) is 4.99. The predicted molar refractivity (Wildman–Crippen MR) is 115 cm³/mol. The number of alkyl halides is 2. The summed E-state index contributed by atoms with van der Waals surface area (Å²) >= 11 is 5.97. The molecule has 0 saturated carbocycles. The van der Waals surface area contributed by atoms with E-state index in [1.807, 2.05) is 0 Å². The van der Waals surface area contributed by atoms with Crippen LogP contribution in [-0.2, 0) is 4.79 Å². The Balaban J connectivity index is 1.54. The summed E-state index contributed by atoms with van der Waals surface area (Å²) in [6, 6.07) is 13.8. The smallest absolute Gasteiger partial charge is 0.324 e. The van der Waals surface area contributed by atoms with Crippen LogP contribution in [0.5, 0.6) is 0 Å². The van der Waals surface area contributed by atoms with E-state index < -0.39 is 12.6 Å². The summed E-state index contributed by atoms with van der Waals surface area (Å²) in [7, 11) is 0. The van der Waals surface area contributed by atoms with Crippen LogP contribution in [-0.4, -0.2) is 20.3 Å². The van der Waals surface area contributed by atoms with Gasteiger partial charge in [-0.3, -0.25) is 9.59 Å². The minimum absolute atomic E-state index is 0.268. The van der Waals surface area contributed by atoms with Crippen LogP contribution >= 0.6 is 11.6 Å². The van der Waals surface area contributed by atoms with Crippen LogP contribution in [0.4, 0.5) is 14.5 Å². The lowest BCUT2D eigenvalue weighted by Gasteiger charge is -2.16. The topological polar surface area (TPSA) is 68.9 Å². The first kappa shape index (κ1) is 20.7. The van der Waals surface area contributed by atoms with Crippen molar-refractivity contribution < 1.29 is 13.6 Å². The van der Waals surface area contributed by atoms with E-state index in [9.17, 15) is 18.4 Å². The highest BCUT2D eigenvalue weighted by molar-refractivity contribution is 6.31. The minimum Gasteiger partial charge on any atom is -0.324 e. The van der Waals surface area contributed by atoms with Crippen molar-refractivity contribution in [3.8, 4) is 11.3 Å². The number of rotatable bonds is 5. The van der Waals surface area contributed by atoms with Crippen LogP contribution in [0, 0.1) is 0 Å². The maximum absolute atomic E-state index is 13.0. The van der Waals surface area contributed by atoms with Crippen molar-refractivity contribution in [1.82, 2.24) is 14.3 Å². The zero-order valence-corrected chi connectivity index (χ0v) is 17.1. The molecule has 2 aromatic heterocycles. The lowest BCUT2D eigenvalue weighted by molar-refractivity contribution is -0.118. The van der Waals surface area contributed by atoms with Gasteiger partial charge in [-0.05, 0) is 54.8 Å². The van der Waals surface area contributed by atoms with E-state index >= 15 is 0 Å². The van der Waals surface area contributed by atoms with Crippen LogP contribution in [0.3, 0.4) is 0 Å².